The number of carbonyl (C=O) groups excluding carboxylic acids is 2. The second-order valence-electron chi connectivity index (χ2n) is 7.02. The van der Waals surface area contributed by atoms with Crippen molar-refractivity contribution in [1.29, 1.82) is 0 Å². The lowest BCUT2D eigenvalue weighted by molar-refractivity contribution is -0.128. The summed E-state index contributed by atoms with van der Waals surface area (Å²) >= 11 is 2.80. The fraction of sp³-hybridized carbons (Fsp3) is 0.733. The average Bonchev–Trinajstić information content (AvgIpc) is 3.07. The van der Waals surface area contributed by atoms with Gasteiger partial charge in [0.2, 0.25) is 11.0 Å². The summed E-state index contributed by atoms with van der Waals surface area (Å²) in [5.41, 5.74) is -0.0192. The van der Waals surface area contributed by atoms with Crippen LogP contribution in [-0.4, -0.2) is 27.6 Å². The highest BCUT2D eigenvalue weighted by Crippen LogP contribution is 2.64. The van der Waals surface area contributed by atoms with E-state index in [1.807, 2.05) is 0 Å². The fourth-order valence-electron chi connectivity index (χ4n) is 4.90. The van der Waals surface area contributed by atoms with Crippen molar-refractivity contribution < 1.29 is 11.0 Å². The number of ketones is 1. The van der Waals surface area contributed by atoms with Crippen molar-refractivity contribution in [2.75, 3.05) is 11.1 Å². The Balaban J connectivity index is 0.00000156. The molecule has 0 saturated heterocycles. The predicted molar refractivity (Wildman–Crippen MR) is 88.0 cm³/mol. The van der Waals surface area contributed by atoms with Gasteiger partial charge in [0.25, 0.3) is 0 Å². The molecule has 2 unspecified atom stereocenters. The van der Waals surface area contributed by atoms with Crippen molar-refractivity contribution in [1.82, 2.24) is 10.2 Å². The zero-order chi connectivity index (χ0) is 15.3. The summed E-state index contributed by atoms with van der Waals surface area (Å²) in [4.78, 5) is 23.8. The molecule has 2 atom stereocenters. The van der Waals surface area contributed by atoms with Crippen LogP contribution >= 0.6 is 23.1 Å². The third-order valence-electron chi connectivity index (χ3n) is 5.53. The second kappa shape index (κ2) is 5.30. The van der Waals surface area contributed by atoms with Crippen LogP contribution < -0.4 is 5.32 Å². The van der Waals surface area contributed by atoms with Gasteiger partial charge in [-0.15, -0.1) is 10.2 Å². The molecule has 4 saturated carbocycles. The topological polar surface area (TPSA) is 72.0 Å². The van der Waals surface area contributed by atoms with Crippen molar-refractivity contribution in [3.8, 4) is 0 Å². The number of hydrogen-bond donors (Lipinski definition) is 1. The number of nitrogens with zero attached hydrogens (tertiary/aromatic N) is 2. The molecule has 0 aliphatic heterocycles. The van der Waals surface area contributed by atoms with Gasteiger partial charge in [-0.1, -0.05) is 23.1 Å². The number of amides is 1. The van der Waals surface area contributed by atoms with E-state index < -0.39 is 0 Å². The standard InChI is InChI=1S/C15H19N3O2S2.H2/c1-8(19)16-13-17-18-14(22-13)21-7-12(20)15-4-9-2-10(5-15)11(3-9)6-15;/h9-11H,2-7H2,1H3,(H,16,17,19);1H. The van der Waals surface area contributed by atoms with Gasteiger partial charge in [-0.3, -0.25) is 9.59 Å². The van der Waals surface area contributed by atoms with E-state index in [9.17, 15) is 9.59 Å². The lowest BCUT2D eigenvalue weighted by Crippen LogP contribution is -2.36. The van der Waals surface area contributed by atoms with E-state index in [-0.39, 0.29) is 12.7 Å². The van der Waals surface area contributed by atoms with E-state index in [2.05, 4.69) is 15.5 Å². The van der Waals surface area contributed by atoms with Crippen LogP contribution in [0.15, 0.2) is 4.34 Å². The molecule has 5 nitrogen and oxygen atoms in total. The Hall–Kier alpha value is -0.950. The third-order valence-corrected chi connectivity index (χ3v) is 7.50. The van der Waals surface area contributed by atoms with Crippen LogP contribution in [0.2, 0.25) is 0 Å². The molecule has 0 radical (unpaired) electrons. The van der Waals surface area contributed by atoms with Crippen LogP contribution in [0.25, 0.3) is 0 Å². The molecular weight excluding hydrogens is 318 g/mol. The summed E-state index contributed by atoms with van der Waals surface area (Å²) in [6.45, 7) is 1.45. The molecule has 5 rings (SSSR count). The van der Waals surface area contributed by atoms with E-state index in [0.29, 0.717) is 16.7 Å². The van der Waals surface area contributed by atoms with Gasteiger partial charge in [0, 0.05) is 13.8 Å². The Labute approximate surface area is 139 Å². The molecule has 120 valence electrons. The van der Waals surface area contributed by atoms with Crippen molar-refractivity contribution in [2.45, 2.75) is 43.4 Å². The minimum atomic E-state index is -0.152. The highest BCUT2D eigenvalue weighted by Gasteiger charge is 2.58. The highest BCUT2D eigenvalue weighted by molar-refractivity contribution is 8.01. The van der Waals surface area contributed by atoms with Crippen LogP contribution in [0, 0.1) is 23.2 Å². The number of Topliss-reactive ketones (excluding diaryl/α,β-unsaturated/α-hetero) is 1. The lowest BCUT2D eigenvalue weighted by atomic mass is 9.67. The number of nitrogens with one attached hydrogen (secondary N) is 1. The number of thioether (sulfide) groups is 1. The quantitative estimate of drug-likeness (QED) is 0.659. The van der Waals surface area contributed by atoms with Gasteiger partial charge < -0.3 is 5.32 Å². The minimum Gasteiger partial charge on any atom is -0.301 e. The zero-order valence-electron chi connectivity index (χ0n) is 12.5. The van der Waals surface area contributed by atoms with Crippen LogP contribution in [-0.2, 0) is 9.59 Å². The Bertz CT molecular complexity index is 616. The van der Waals surface area contributed by atoms with Crippen LogP contribution in [0.1, 0.15) is 40.5 Å². The molecule has 4 aliphatic rings. The molecule has 4 bridgehead atoms. The van der Waals surface area contributed by atoms with E-state index in [1.165, 1.54) is 42.9 Å². The molecule has 0 spiro atoms. The van der Waals surface area contributed by atoms with Crippen LogP contribution in [0.4, 0.5) is 5.13 Å². The minimum absolute atomic E-state index is 0. The fourth-order valence-corrected chi connectivity index (χ4v) is 6.73. The predicted octanol–water partition coefficient (Wildman–Crippen LogP) is 3.23. The molecule has 22 heavy (non-hydrogen) atoms. The first-order chi connectivity index (χ1) is 10.5. The number of rotatable bonds is 5. The maximum absolute atomic E-state index is 12.8. The van der Waals surface area contributed by atoms with Gasteiger partial charge >= 0.3 is 0 Å². The summed E-state index contributed by atoms with van der Waals surface area (Å²) < 4.78 is 0.754. The molecule has 7 heteroatoms. The van der Waals surface area contributed by atoms with Gasteiger partial charge in [0.05, 0.1) is 5.75 Å². The summed E-state index contributed by atoms with van der Waals surface area (Å²) in [7, 11) is 0. The summed E-state index contributed by atoms with van der Waals surface area (Å²) in [5.74, 6) is 3.19. The van der Waals surface area contributed by atoms with Gasteiger partial charge in [-0.25, -0.2) is 0 Å². The summed E-state index contributed by atoms with van der Waals surface area (Å²) in [6.07, 6.45) is 6.10. The Morgan fingerprint density at radius 1 is 1.32 bits per heavy atom. The average molecular weight is 339 g/mol. The first-order valence-electron chi connectivity index (χ1n) is 7.81. The SMILES string of the molecule is CC(=O)Nc1nnc(SCC(=O)C23CC4CC(C2)C(C4)C3)s1.[HH]. The molecule has 1 N–H and O–H groups in total. The van der Waals surface area contributed by atoms with Crippen molar-refractivity contribution in [3.63, 3.8) is 0 Å². The van der Waals surface area contributed by atoms with Gasteiger partial charge in [-0.2, -0.15) is 0 Å². The molecule has 4 aliphatic carbocycles. The molecule has 1 heterocycles. The number of anilines is 1. The maximum Gasteiger partial charge on any atom is 0.223 e. The van der Waals surface area contributed by atoms with Gasteiger partial charge in [0.15, 0.2) is 4.34 Å². The van der Waals surface area contributed by atoms with E-state index >= 15 is 0 Å². The molecule has 1 aromatic heterocycles. The summed E-state index contributed by atoms with van der Waals surface area (Å²) in [6, 6.07) is 0. The van der Waals surface area contributed by atoms with E-state index in [4.69, 9.17) is 0 Å². The number of hydrogen-bond acceptors (Lipinski definition) is 6. The van der Waals surface area contributed by atoms with Crippen LogP contribution in [0.5, 0.6) is 0 Å². The number of aromatic nitrogens is 2. The summed E-state index contributed by atoms with van der Waals surface area (Å²) in [5, 5.41) is 11.1. The first kappa shape index (κ1) is 14.6. The second-order valence-corrected chi connectivity index (χ2v) is 9.22. The van der Waals surface area contributed by atoms with Crippen LogP contribution in [0.3, 0.4) is 0 Å². The normalized spacial score (nSPS) is 35.0. The monoisotopic (exact) mass is 339 g/mol. The third kappa shape index (κ3) is 2.48. The lowest BCUT2D eigenvalue weighted by Gasteiger charge is -2.36. The van der Waals surface area contributed by atoms with Crippen molar-refractivity contribution in [2.24, 2.45) is 23.2 Å². The first-order valence-corrected chi connectivity index (χ1v) is 9.61. The van der Waals surface area contributed by atoms with Crippen molar-refractivity contribution in [3.05, 3.63) is 0 Å². The molecule has 1 aromatic rings. The zero-order valence-corrected chi connectivity index (χ0v) is 14.1. The van der Waals surface area contributed by atoms with Gasteiger partial charge in [0.1, 0.15) is 5.78 Å². The Morgan fingerprint density at radius 2 is 2.05 bits per heavy atom. The molecule has 0 aromatic carbocycles. The van der Waals surface area contributed by atoms with Gasteiger partial charge in [-0.05, 0) is 49.9 Å². The Morgan fingerprint density at radius 3 is 2.68 bits per heavy atom. The number of carbonyl (C=O) groups is 2. The largest absolute Gasteiger partial charge is 0.301 e. The maximum atomic E-state index is 12.8. The smallest absolute Gasteiger partial charge is 0.223 e. The highest BCUT2D eigenvalue weighted by atomic mass is 32.2. The van der Waals surface area contributed by atoms with E-state index in [1.54, 1.807) is 0 Å². The van der Waals surface area contributed by atoms with E-state index in [0.717, 1.165) is 41.4 Å². The molecular formula is C15H21N3O2S2. The molecule has 4 fully saturated rings. The Kier molecular flexibility index (Phi) is 3.52. The molecule has 1 amide bonds. The van der Waals surface area contributed by atoms with Crippen molar-refractivity contribution >= 4 is 39.9 Å².